The highest BCUT2D eigenvalue weighted by atomic mass is 79.9. The molecule has 0 atom stereocenters. The van der Waals surface area contributed by atoms with Crippen LogP contribution in [0.1, 0.15) is 5.56 Å². The van der Waals surface area contributed by atoms with E-state index in [9.17, 15) is 0 Å². The maximum Gasteiger partial charge on any atom is 0.325 e. The molecule has 0 fully saturated rings. The topological polar surface area (TPSA) is 56.3 Å². The number of ether oxygens (including phenoxy) is 2. The van der Waals surface area contributed by atoms with E-state index < -0.39 is 0 Å². The van der Waals surface area contributed by atoms with Crippen molar-refractivity contribution in [3.8, 4) is 17.6 Å². The van der Waals surface area contributed by atoms with Gasteiger partial charge in [0, 0.05) is 6.54 Å². The second kappa shape index (κ2) is 6.49. The molecule has 2 aromatic rings. The fourth-order valence-corrected chi connectivity index (χ4v) is 1.91. The van der Waals surface area contributed by atoms with Crippen molar-refractivity contribution in [1.29, 1.82) is 0 Å². The molecular formula is C13H14BrN3O2. The van der Waals surface area contributed by atoms with Gasteiger partial charge in [0.1, 0.15) is 5.75 Å². The van der Waals surface area contributed by atoms with Gasteiger partial charge in [-0.25, -0.2) is 4.98 Å². The van der Waals surface area contributed by atoms with Crippen LogP contribution in [0.15, 0.2) is 34.9 Å². The molecular weight excluding hydrogens is 310 g/mol. The van der Waals surface area contributed by atoms with Crippen LogP contribution in [0.25, 0.3) is 0 Å². The molecule has 0 spiro atoms. The Balaban J connectivity index is 2.18. The van der Waals surface area contributed by atoms with Gasteiger partial charge in [-0.3, -0.25) is 0 Å². The average molecular weight is 324 g/mol. The van der Waals surface area contributed by atoms with Crippen molar-refractivity contribution in [2.45, 2.75) is 6.54 Å². The summed E-state index contributed by atoms with van der Waals surface area (Å²) in [6.45, 7) is 0.779. The Labute approximate surface area is 120 Å². The molecule has 0 bridgehead atoms. The second-order valence-electron chi connectivity index (χ2n) is 3.79. The molecule has 0 saturated carbocycles. The zero-order chi connectivity index (χ0) is 13.7. The van der Waals surface area contributed by atoms with E-state index in [0.29, 0.717) is 16.1 Å². The number of benzene rings is 1. The zero-order valence-corrected chi connectivity index (χ0v) is 12.3. The number of methoxy groups -OCH3 is 1. The maximum absolute atomic E-state index is 5.61. The third kappa shape index (κ3) is 3.65. The molecule has 1 aromatic carbocycles. The van der Waals surface area contributed by atoms with E-state index >= 15 is 0 Å². The Bertz CT molecular complexity index is 563. The first-order chi connectivity index (χ1) is 9.22. The molecule has 0 saturated heterocycles. The molecule has 100 valence electrons. The quantitative estimate of drug-likeness (QED) is 0.916. The molecule has 5 nitrogen and oxygen atoms in total. The molecule has 1 aromatic heterocycles. The first-order valence-electron chi connectivity index (χ1n) is 5.71. The molecule has 0 radical (unpaired) electrons. The van der Waals surface area contributed by atoms with Crippen molar-refractivity contribution < 1.29 is 9.47 Å². The fourth-order valence-electron chi connectivity index (χ4n) is 1.56. The van der Waals surface area contributed by atoms with Crippen molar-refractivity contribution >= 4 is 15.9 Å². The molecule has 1 heterocycles. The van der Waals surface area contributed by atoms with Crippen LogP contribution >= 0.6 is 15.9 Å². The fraction of sp³-hybridized carbons (Fsp3) is 0.231. The highest BCUT2D eigenvalue weighted by Crippen LogP contribution is 2.25. The van der Waals surface area contributed by atoms with E-state index in [2.05, 4.69) is 31.2 Å². The van der Waals surface area contributed by atoms with Gasteiger partial charge in [0.2, 0.25) is 5.88 Å². The van der Waals surface area contributed by atoms with Crippen molar-refractivity contribution in [2.24, 2.45) is 0 Å². The van der Waals surface area contributed by atoms with E-state index in [1.165, 1.54) is 0 Å². The van der Waals surface area contributed by atoms with Crippen LogP contribution in [0, 0.1) is 0 Å². The first-order valence-corrected chi connectivity index (χ1v) is 6.50. The van der Waals surface area contributed by atoms with Gasteiger partial charge in [-0.1, -0.05) is 12.1 Å². The third-order valence-corrected chi connectivity index (χ3v) is 2.92. The summed E-state index contributed by atoms with van der Waals surface area (Å²) in [6.07, 6.45) is 1.60. The smallest absolute Gasteiger partial charge is 0.325 e. The average Bonchev–Trinajstić information content (AvgIpc) is 2.42. The van der Waals surface area contributed by atoms with Gasteiger partial charge < -0.3 is 14.8 Å². The van der Waals surface area contributed by atoms with E-state index in [0.717, 1.165) is 12.1 Å². The Hall–Kier alpha value is -1.66. The summed E-state index contributed by atoms with van der Waals surface area (Å²) in [6, 6.07) is 8.00. The minimum absolute atomic E-state index is 0.252. The Morgan fingerprint density at radius 2 is 2.21 bits per heavy atom. The number of nitrogens with zero attached hydrogens (tertiary/aromatic N) is 2. The minimum atomic E-state index is 0.252. The summed E-state index contributed by atoms with van der Waals surface area (Å²) >= 11 is 3.29. The molecule has 0 aliphatic carbocycles. The highest BCUT2D eigenvalue weighted by Gasteiger charge is 2.07. The summed E-state index contributed by atoms with van der Waals surface area (Å²) in [5.41, 5.74) is 1.13. The summed E-state index contributed by atoms with van der Waals surface area (Å²) in [5.74, 6) is 1.13. The van der Waals surface area contributed by atoms with Gasteiger partial charge in [-0.05, 0) is 40.7 Å². The van der Waals surface area contributed by atoms with Crippen LogP contribution < -0.4 is 14.8 Å². The SMILES string of the molecule is CNCc1cccc(Oc2ncc(Br)c(OC)n2)c1. The predicted molar refractivity (Wildman–Crippen MR) is 75.6 cm³/mol. The van der Waals surface area contributed by atoms with E-state index in [1.54, 1.807) is 13.3 Å². The minimum Gasteiger partial charge on any atom is -0.480 e. The molecule has 6 heteroatoms. The molecule has 1 N–H and O–H groups in total. The number of hydrogen-bond acceptors (Lipinski definition) is 5. The first kappa shape index (κ1) is 13.8. The van der Waals surface area contributed by atoms with E-state index in [-0.39, 0.29) is 6.01 Å². The van der Waals surface area contributed by atoms with Crippen molar-refractivity contribution in [3.63, 3.8) is 0 Å². The third-order valence-electron chi connectivity index (χ3n) is 2.37. The van der Waals surface area contributed by atoms with Gasteiger partial charge >= 0.3 is 6.01 Å². The lowest BCUT2D eigenvalue weighted by atomic mass is 10.2. The second-order valence-corrected chi connectivity index (χ2v) is 4.64. The predicted octanol–water partition coefficient (Wildman–Crippen LogP) is 2.76. The lowest BCUT2D eigenvalue weighted by Crippen LogP contribution is -2.04. The van der Waals surface area contributed by atoms with Crippen molar-refractivity contribution in [3.05, 3.63) is 40.5 Å². The Kier molecular flexibility index (Phi) is 4.70. The summed E-state index contributed by atoms with van der Waals surface area (Å²) < 4.78 is 11.4. The summed E-state index contributed by atoms with van der Waals surface area (Å²) in [4.78, 5) is 8.23. The molecule has 0 unspecified atom stereocenters. The summed E-state index contributed by atoms with van der Waals surface area (Å²) in [7, 11) is 3.45. The lowest BCUT2D eigenvalue weighted by molar-refractivity contribution is 0.373. The molecule has 0 aliphatic rings. The van der Waals surface area contributed by atoms with Gasteiger partial charge in [0.05, 0.1) is 17.8 Å². The highest BCUT2D eigenvalue weighted by molar-refractivity contribution is 9.10. The molecule has 0 aliphatic heterocycles. The van der Waals surface area contributed by atoms with Crippen LogP contribution in [-0.2, 0) is 6.54 Å². The molecule has 2 rings (SSSR count). The molecule has 0 amide bonds. The van der Waals surface area contributed by atoms with Crippen LogP contribution in [0.3, 0.4) is 0 Å². The number of rotatable bonds is 5. The van der Waals surface area contributed by atoms with Crippen LogP contribution in [0.5, 0.6) is 17.6 Å². The number of nitrogens with one attached hydrogen (secondary N) is 1. The van der Waals surface area contributed by atoms with Gasteiger partial charge in [0.25, 0.3) is 0 Å². The zero-order valence-electron chi connectivity index (χ0n) is 10.7. The molecule has 19 heavy (non-hydrogen) atoms. The normalized spacial score (nSPS) is 10.3. The lowest BCUT2D eigenvalue weighted by Gasteiger charge is -2.07. The Morgan fingerprint density at radius 3 is 2.95 bits per heavy atom. The monoisotopic (exact) mass is 323 g/mol. The van der Waals surface area contributed by atoms with Gasteiger partial charge in [-0.2, -0.15) is 4.98 Å². The summed E-state index contributed by atoms with van der Waals surface area (Å²) in [5, 5.41) is 3.09. The van der Waals surface area contributed by atoms with Crippen LogP contribution in [0.4, 0.5) is 0 Å². The van der Waals surface area contributed by atoms with Gasteiger partial charge in [0.15, 0.2) is 0 Å². The number of aromatic nitrogens is 2. The maximum atomic E-state index is 5.61. The van der Waals surface area contributed by atoms with Gasteiger partial charge in [-0.15, -0.1) is 0 Å². The van der Waals surface area contributed by atoms with Crippen LogP contribution in [0.2, 0.25) is 0 Å². The number of hydrogen-bond donors (Lipinski definition) is 1. The standard InChI is InChI=1S/C13H14BrN3O2/c1-15-7-9-4-3-5-10(6-9)19-13-16-8-11(14)12(17-13)18-2/h3-6,8,15H,7H2,1-2H3. The largest absolute Gasteiger partial charge is 0.480 e. The van der Waals surface area contributed by atoms with E-state index in [1.807, 2.05) is 31.3 Å². The van der Waals surface area contributed by atoms with E-state index in [4.69, 9.17) is 9.47 Å². The van der Waals surface area contributed by atoms with Crippen molar-refractivity contribution in [2.75, 3.05) is 14.2 Å². The Morgan fingerprint density at radius 1 is 1.37 bits per heavy atom. The van der Waals surface area contributed by atoms with Crippen molar-refractivity contribution in [1.82, 2.24) is 15.3 Å². The number of halogens is 1. The van der Waals surface area contributed by atoms with Crippen LogP contribution in [-0.4, -0.2) is 24.1 Å².